The first-order valence-electron chi connectivity index (χ1n) is 4.52. The summed E-state index contributed by atoms with van der Waals surface area (Å²) in [4.78, 5) is 2.56. The fourth-order valence-electron chi connectivity index (χ4n) is 1.78. The van der Waals surface area contributed by atoms with Crippen molar-refractivity contribution in [1.82, 2.24) is 4.90 Å². The monoisotopic (exact) mass is 205 g/mol. The van der Waals surface area contributed by atoms with Gasteiger partial charge < -0.3 is 4.74 Å². The zero-order valence-electron chi connectivity index (χ0n) is 7.11. The van der Waals surface area contributed by atoms with Crippen LogP contribution in [0.3, 0.4) is 0 Å². The summed E-state index contributed by atoms with van der Waals surface area (Å²) in [5.41, 5.74) is 0. The molecule has 0 N–H and O–H groups in total. The molecule has 70 valence electrons. The number of hydrogen-bond acceptors (Lipinski definition) is 4. The molecule has 2 rings (SSSR count). The summed E-state index contributed by atoms with van der Waals surface area (Å²) in [7, 11) is 1.72. The maximum atomic E-state index is 5.18. The van der Waals surface area contributed by atoms with Crippen LogP contribution in [-0.2, 0) is 4.74 Å². The molecule has 0 spiro atoms. The van der Waals surface area contributed by atoms with Gasteiger partial charge in [-0.15, -0.1) is 11.7 Å². The smallest absolute Gasteiger partial charge is 0.0645 e. The summed E-state index contributed by atoms with van der Waals surface area (Å²) in [6, 6.07) is 0.732. The van der Waals surface area contributed by atoms with E-state index in [2.05, 4.69) is 16.6 Å². The minimum atomic E-state index is 0.732. The van der Waals surface area contributed by atoms with E-state index in [1.807, 2.05) is 0 Å². The first-order valence-corrected chi connectivity index (χ1v) is 6.45. The average molecular weight is 205 g/mol. The van der Waals surface area contributed by atoms with E-state index in [4.69, 9.17) is 4.74 Å². The molecule has 0 atom stereocenters. The molecule has 0 aromatic heterocycles. The molecule has 2 fully saturated rings. The second-order valence-electron chi connectivity index (χ2n) is 3.53. The highest BCUT2D eigenvalue weighted by molar-refractivity contribution is 8.68. The summed E-state index contributed by atoms with van der Waals surface area (Å²) >= 11 is 4.26. The zero-order chi connectivity index (χ0) is 8.39. The van der Waals surface area contributed by atoms with Gasteiger partial charge in [0.1, 0.15) is 0 Å². The van der Waals surface area contributed by atoms with Crippen LogP contribution in [0.15, 0.2) is 0 Å². The average Bonchev–Trinajstić information content (AvgIpc) is 2.03. The molecule has 4 heteroatoms. The normalized spacial score (nSPS) is 28.8. The molecule has 0 bridgehead atoms. The minimum Gasteiger partial charge on any atom is -0.378 e. The highest BCUT2D eigenvalue weighted by atomic mass is 33.1. The molecular weight excluding hydrogens is 190 g/mol. The summed E-state index contributed by atoms with van der Waals surface area (Å²) in [5.74, 6) is 0. The van der Waals surface area contributed by atoms with Gasteiger partial charge in [0.25, 0.3) is 0 Å². The van der Waals surface area contributed by atoms with Gasteiger partial charge in [0.05, 0.1) is 19.3 Å². The predicted octanol–water partition coefficient (Wildman–Crippen LogP) is 1.43. The third-order valence-electron chi connectivity index (χ3n) is 2.76. The van der Waals surface area contributed by atoms with E-state index in [-0.39, 0.29) is 0 Å². The van der Waals surface area contributed by atoms with E-state index in [0.717, 1.165) is 24.5 Å². The van der Waals surface area contributed by atoms with E-state index in [1.54, 1.807) is 10.8 Å². The lowest BCUT2D eigenvalue weighted by molar-refractivity contribution is -0.0693. The van der Waals surface area contributed by atoms with Crippen LogP contribution < -0.4 is 0 Å². The van der Waals surface area contributed by atoms with Crippen LogP contribution in [0.25, 0.3) is 0 Å². The molecule has 0 aliphatic carbocycles. The van der Waals surface area contributed by atoms with Crippen molar-refractivity contribution in [2.24, 2.45) is 0 Å². The molecule has 2 heterocycles. The van der Waals surface area contributed by atoms with Gasteiger partial charge in [-0.05, 0) is 25.9 Å². The van der Waals surface area contributed by atoms with Gasteiger partial charge in [-0.2, -0.15) is 0 Å². The summed E-state index contributed by atoms with van der Waals surface area (Å²) in [5, 5.41) is 0.783. The first-order chi connectivity index (χ1) is 5.90. The molecule has 0 unspecified atom stereocenters. The van der Waals surface area contributed by atoms with Crippen molar-refractivity contribution in [2.45, 2.75) is 24.1 Å². The van der Waals surface area contributed by atoms with Crippen LogP contribution in [-0.4, -0.2) is 42.5 Å². The number of ether oxygens (including phenoxy) is 1. The molecule has 12 heavy (non-hydrogen) atoms. The fraction of sp³-hybridized carbons (Fsp3) is 1.00. The Morgan fingerprint density at radius 1 is 1.25 bits per heavy atom. The Balaban J connectivity index is 1.74. The fourth-order valence-corrected chi connectivity index (χ4v) is 2.83. The van der Waals surface area contributed by atoms with Crippen LogP contribution in [0, 0.1) is 0 Å². The number of hydrogen-bond donors (Lipinski definition) is 1. The Morgan fingerprint density at radius 3 is 2.33 bits per heavy atom. The SMILES string of the molecule is SSC1CCN(C2COC2)CC1. The molecule has 2 aliphatic heterocycles. The second-order valence-corrected chi connectivity index (χ2v) is 5.04. The Hall–Kier alpha value is 0.620. The van der Waals surface area contributed by atoms with Crippen molar-refractivity contribution in [3.05, 3.63) is 0 Å². The molecule has 0 radical (unpaired) electrons. The van der Waals surface area contributed by atoms with Crippen molar-refractivity contribution in [3.8, 4) is 0 Å². The highest BCUT2D eigenvalue weighted by Gasteiger charge is 2.29. The molecule has 0 amide bonds. The number of nitrogens with zero attached hydrogens (tertiary/aromatic N) is 1. The van der Waals surface area contributed by atoms with Crippen LogP contribution in [0.2, 0.25) is 0 Å². The van der Waals surface area contributed by atoms with E-state index in [9.17, 15) is 0 Å². The van der Waals surface area contributed by atoms with Gasteiger partial charge in [0.2, 0.25) is 0 Å². The maximum absolute atomic E-state index is 5.18. The van der Waals surface area contributed by atoms with Gasteiger partial charge in [-0.1, -0.05) is 10.8 Å². The van der Waals surface area contributed by atoms with E-state index < -0.39 is 0 Å². The number of thiol groups is 1. The van der Waals surface area contributed by atoms with E-state index >= 15 is 0 Å². The summed E-state index contributed by atoms with van der Waals surface area (Å²) in [6.45, 7) is 4.40. The zero-order valence-corrected chi connectivity index (χ0v) is 8.82. The summed E-state index contributed by atoms with van der Waals surface area (Å²) in [6.07, 6.45) is 2.59. The molecule has 2 aliphatic rings. The van der Waals surface area contributed by atoms with Crippen LogP contribution >= 0.6 is 22.5 Å². The molecular formula is C8H15NOS2. The third kappa shape index (κ3) is 1.92. The lowest BCUT2D eigenvalue weighted by Crippen LogP contribution is -2.52. The summed E-state index contributed by atoms with van der Waals surface area (Å²) < 4.78 is 5.18. The standard InChI is InChI=1S/C8H15NOS2/c11-12-8-1-3-9(4-2-8)7-5-10-6-7/h7-8,11H,1-6H2. The van der Waals surface area contributed by atoms with E-state index in [0.29, 0.717) is 0 Å². The first kappa shape index (κ1) is 9.19. The molecule has 2 nitrogen and oxygen atoms in total. The molecule has 0 aromatic carbocycles. The lowest BCUT2D eigenvalue weighted by Gasteiger charge is -2.40. The molecule has 0 saturated carbocycles. The number of rotatable bonds is 2. The Bertz CT molecular complexity index is 144. The minimum absolute atomic E-state index is 0.732. The highest BCUT2D eigenvalue weighted by Crippen LogP contribution is 2.27. The van der Waals surface area contributed by atoms with E-state index in [1.165, 1.54) is 25.9 Å². The van der Waals surface area contributed by atoms with Crippen molar-refractivity contribution in [2.75, 3.05) is 26.3 Å². The van der Waals surface area contributed by atoms with Crippen molar-refractivity contribution >= 4 is 22.5 Å². The largest absolute Gasteiger partial charge is 0.378 e. The number of likely N-dealkylation sites (tertiary alicyclic amines) is 1. The van der Waals surface area contributed by atoms with Gasteiger partial charge in [-0.25, -0.2) is 0 Å². The topological polar surface area (TPSA) is 12.5 Å². The second kappa shape index (κ2) is 4.22. The predicted molar refractivity (Wildman–Crippen MR) is 55.8 cm³/mol. The van der Waals surface area contributed by atoms with Crippen molar-refractivity contribution < 1.29 is 4.74 Å². The Labute approximate surface area is 82.8 Å². The molecule has 2 saturated heterocycles. The Morgan fingerprint density at radius 2 is 1.92 bits per heavy atom. The van der Waals surface area contributed by atoms with Crippen molar-refractivity contribution in [3.63, 3.8) is 0 Å². The number of piperidine rings is 1. The quantitative estimate of drug-likeness (QED) is 0.541. The third-order valence-corrected chi connectivity index (χ3v) is 4.43. The van der Waals surface area contributed by atoms with Gasteiger partial charge in [0, 0.05) is 5.25 Å². The van der Waals surface area contributed by atoms with Crippen LogP contribution in [0.4, 0.5) is 0 Å². The van der Waals surface area contributed by atoms with Crippen LogP contribution in [0.5, 0.6) is 0 Å². The van der Waals surface area contributed by atoms with Gasteiger partial charge in [0.15, 0.2) is 0 Å². The van der Waals surface area contributed by atoms with Gasteiger partial charge in [-0.3, -0.25) is 4.90 Å². The lowest BCUT2D eigenvalue weighted by atomic mass is 10.1. The van der Waals surface area contributed by atoms with Gasteiger partial charge >= 0.3 is 0 Å². The maximum Gasteiger partial charge on any atom is 0.0645 e. The van der Waals surface area contributed by atoms with Crippen LogP contribution in [0.1, 0.15) is 12.8 Å². The Kier molecular flexibility index (Phi) is 3.23. The van der Waals surface area contributed by atoms with Crippen molar-refractivity contribution in [1.29, 1.82) is 0 Å². The molecule has 0 aromatic rings.